The van der Waals surface area contributed by atoms with Gasteiger partial charge in [0.1, 0.15) is 6.04 Å². The van der Waals surface area contributed by atoms with Gasteiger partial charge in [-0.1, -0.05) is 12.2 Å². The van der Waals surface area contributed by atoms with Gasteiger partial charge in [0.15, 0.2) is 0 Å². The molecule has 0 radical (unpaired) electrons. The van der Waals surface area contributed by atoms with Gasteiger partial charge in [0.05, 0.1) is 6.61 Å². The molecule has 0 N–H and O–H groups in total. The Labute approximate surface area is 95.2 Å². The molecule has 2 heterocycles. The molecule has 1 unspecified atom stereocenters. The summed E-state index contributed by atoms with van der Waals surface area (Å²) in [4.78, 5) is 25.0. The molecule has 4 heteroatoms. The molecule has 88 valence electrons. The molecule has 0 aromatic rings. The van der Waals surface area contributed by atoms with Gasteiger partial charge >= 0.3 is 5.97 Å². The third-order valence-electron chi connectivity index (χ3n) is 3.18. The second-order valence-electron chi connectivity index (χ2n) is 4.21. The second-order valence-corrected chi connectivity index (χ2v) is 4.21. The number of ether oxygens (including phenoxy) is 1. The number of fused-ring (bicyclic) bond motifs is 1. The minimum Gasteiger partial charge on any atom is -0.464 e. The number of hydrogen-bond donors (Lipinski definition) is 0. The Morgan fingerprint density at radius 2 is 2.38 bits per heavy atom. The molecule has 0 bridgehead atoms. The van der Waals surface area contributed by atoms with Gasteiger partial charge in [0, 0.05) is 12.5 Å². The Kier molecular flexibility index (Phi) is 3.27. The predicted octanol–water partition coefficient (Wildman–Crippen LogP) is 1.26. The van der Waals surface area contributed by atoms with Crippen molar-refractivity contribution in [1.82, 2.24) is 4.90 Å². The smallest absolute Gasteiger partial charge is 0.329 e. The Morgan fingerprint density at radius 3 is 3.06 bits per heavy atom. The minimum atomic E-state index is -0.400. The summed E-state index contributed by atoms with van der Waals surface area (Å²) in [6, 6.07) is -0.158. The van der Waals surface area contributed by atoms with E-state index in [4.69, 9.17) is 4.74 Å². The summed E-state index contributed by atoms with van der Waals surface area (Å²) in [5.74, 6) is -0.189. The lowest BCUT2D eigenvalue weighted by molar-refractivity contribution is -0.165. The zero-order valence-corrected chi connectivity index (χ0v) is 9.52. The van der Waals surface area contributed by atoms with Crippen LogP contribution in [-0.2, 0) is 14.3 Å². The molecule has 4 nitrogen and oxygen atoms in total. The molecule has 1 fully saturated rings. The minimum absolute atomic E-state index is 0.0818. The molecule has 0 aromatic heterocycles. The summed E-state index contributed by atoms with van der Waals surface area (Å²) in [7, 11) is 0. The van der Waals surface area contributed by atoms with Crippen molar-refractivity contribution in [2.24, 2.45) is 0 Å². The molecular weight excluding hydrogens is 206 g/mol. The number of allylic oxidation sites excluding steroid dienone is 1. The van der Waals surface area contributed by atoms with Crippen molar-refractivity contribution in [1.29, 1.82) is 0 Å². The van der Waals surface area contributed by atoms with Crippen molar-refractivity contribution in [3.05, 3.63) is 12.2 Å². The fourth-order valence-electron chi connectivity index (χ4n) is 2.36. The average Bonchev–Trinajstić information content (AvgIpc) is 2.22. The van der Waals surface area contributed by atoms with Crippen LogP contribution in [0.2, 0.25) is 0 Å². The van der Waals surface area contributed by atoms with Crippen LogP contribution in [-0.4, -0.2) is 35.5 Å². The van der Waals surface area contributed by atoms with Crippen LogP contribution >= 0.6 is 0 Å². The summed E-state index contributed by atoms with van der Waals surface area (Å²) in [5, 5.41) is 0. The van der Waals surface area contributed by atoms with Crippen molar-refractivity contribution in [2.45, 2.75) is 44.7 Å². The third-order valence-corrected chi connectivity index (χ3v) is 3.18. The highest BCUT2D eigenvalue weighted by Gasteiger charge is 2.43. The zero-order chi connectivity index (χ0) is 11.5. The molecule has 0 spiro atoms. The van der Waals surface area contributed by atoms with E-state index in [1.54, 1.807) is 11.8 Å². The molecule has 1 saturated heterocycles. The van der Waals surface area contributed by atoms with Gasteiger partial charge < -0.3 is 9.64 Å². The van der Waals surface area contributed by atoms with E-state index in [9.17, 15) is 9.59 Å². The van der Waals surface area contributed by atoms with Crippen LogP contribution in [0.4, 0.5) is 0 Å². The first kappa shape index (κ1) is 11.2. The van der Waals surface area contributed by atoms with Crippen LogP contribution in [0.3, 0.4) is 0 Å². The summed E-state index contributed by atoms with van der Waals surface area (Å²) in [6.07, 6.45) is 7.18. The highest BCUT2D eigenvalue weighted by atomic mass is 16.5. The first-order valence-electron chi connectivity index (χ1n) is 5.86. The van der Waals surface area contributed by atoms with Crippen LogP contribution in [0.5, 0.6) is 0 Å². The first-order valence-corrected chi connectivity index (χ1v) is 5.86. The van der Waals surface area contributed by atoms with Gasteiger partial charge in [-0.05, 0) is 26.2 Å². The molecular formula is C12H17NO3. The van der Waals surface area contributed by atoms with Crippen LogP contribution in [0.25, 0.3) is 0 Å². The van der Waals surface area contributed by atoms with Crippen molar-refractivity contribution in [3.63, 3.8) is 0 Å². The molecule has 2 aliphatic rings. The molecule has 0 aromatic carbocycles. The Morgan fingerprint density at radius 1 is 1.56 bits per heavy atom. The maximum absolute atomic E-state index is 11.7. The second kappa shape index (κ2) is 4.68. The number of rotatable bonds is 2. The normalized spacial score (nSPS) is 30.8. The summed E-state index contributed by atoms with van der Waals surface area (Å²) in [6.45, 7) is 2.15. The molecule has 1 amide bonds. The average molecular weight is 223 g/mol. The lowest BCUT2D eigenvalue weighted by Gasteiger charge is -2.45. The Hall–Kier alpha value is -1.32. The first-order chi connectivity index (χ1) is 7.74. The molecule has 0 saturated carbocycles. The van der Waals surface area contributed by atoms with Crippen LogP contribution in [0.15, 0.2) is 12.2 Å². The fourth-order valence-corrected chi connectivity index (χ4v) is 2.36. The van der Waals surface area contributed by atoms with Crippen LogP contribution < -0.4 is 0 Å². The van der Waals surface area contributed by atoms with E-state index in [1.165, 1.54) is 0 Å². The zero-order valence-electron chi connectivity index (χ0n) is 9.52. The molecule has 2 aliphatic heterocycles. The van der Waals surface area contributed by atoms with E-state index in [0.29, 0.717) is 19.4 Å². The van der Waals surface area contributed by atoms with Crippen LogP contribution in [0.1, 0.15) is 32.6 Å². The standard InChI is InChI=1S/C12H17NO3/c1-2-16-12(15)10-7-5-3-4-6-9-8-11(14)13(9)10/h3,5,9-10H,2,4,6-8H2,1H3/b5-3-/t9-,10?/m1/s1. The largest absolute Gasteiger partial charge is 0.464 e. The van der Waals surface area contributed by atoms with Gasteiger partial charge in [-0.15, -0.1) is 0 Å². The van der Waals surface area contributed by atoms with Crippen molar-refractivity contribution >= 4 is 11.9 Å². The molecule has 2 rings (SSSR count). The van der Waals surface area contributed by atoms with E-state index >= 15 is 0 Å². The van der Waals surface area contributed by atoms with Crippen molar-refractivity contribution < 1.29 is 14.3 Å². The number of carbonyl (C=O) groups excluding carboxylic acids is 2. The highest BCUT2D eigenvalue weighted by molar-refractivity contribution is 5.89. The fraction of sp³-hybridized carbons (Fsp3) is 0.667. The number of nitrogens with zero attached hydrogens (tertiary/aromatic N) is 1. The molecule has 16 heavy (non-hydrogen) atoms. The predicted molar refractivity (Wildman–Crippen MR) is 58.7 cm³/mol. The lowest BCUT2D eigenvalue weighted by atomic mass is 9.91. The topological polar surface area (TPSA) is 46.6 Å². The van der Waals surface area contributed by atoms with E-state index < -0.39 is 6.04 Å². The van der Waals surface area contributed by atoms with Gasteiger partial charge in [-0.25, -0.2) is 4.79 Å². The summed E-state index contributed by atoms with van der Waals surface area (Å²) < 4.78 is 5.01. The SMILES string of the molecule is CCOC(=O)C1C/C=C\CC[C@@H]2CC(=O)N12. The number of carbonyl (C=O) groups is 2. The van der Waals surface area contributed by atoms with E-state index in [2.05, 4.69) is 6.08 Å². The Balaban J connectivity index is 2.11. The maximum atomic E-state index is 11.7. The number of hydrogen-bond acceptors (Lipinski definition) is 3. The number of esters is 1. The molecule has 2 atom stereocenters. The van der Waals surface area contributed by atoms with Crippen molar-refractivity contribution in [3.8, 4) is 0 Å². The quantitative estimate of drug-likeness (QED) is 0.402. The monoisotopic (exact) mass is 223 g/mol. The summed E-state index contributed by atoms with van der Waals surface area (Å²) in [5.41, 5.74) is 0. The van der Waals surface area contributed by atoms with Gasteiger partial charge in [0.25, 0.3) is 0 Å². The van der Waals surface area contributed by atoms with Crippen LogP contribution in [0, 0.1) is 0 Å². The lowest BCUT2D eigenvalue weighted by Crippen LogP contribution is -2.60. The van der Waals surface area contributed by atoms with Gasteiger partial charge in [-0.2, -0.15) is 0 Å². The van der Waals surface area contributed by atoms with E-state index in [-0.39, 0.29) is 17.9 Å². The van der Waals surface area contributed by atoms with Gasteiger partial charge in [0.2, 0.25) is 5.91 Å². The van der Waals surface area contributed by atoms with Crippen molar-refractivity contribution in [2.75, 3.05) is 6.61 Å². The summed E-state index contributed by atoms with van der Waals surface area (Å²) >= 11 is 0. The van der Waals surface area contributed by atoms with E-state index in [1.807, 2.05) is 6.08 Å². The number of amides is 1. The van der Waals surface area contributed by atoms with E-state index in [0.717, 1.165) is 12.8 Å². The molecule has 0 aliphatic carbocycles. The Bertz CT molecular complexity index is 324. The maximum Gasteiger partial charge on any atom is 0.329 e. The van der Waals surface area contributed by atoms with Gasteiger partial charge in [-0.3, -0.25) is 4.79 Å². The number of β-lactam (4-membered cyclic amide) rings is 1. The third kappa shape index (κ3) is 1.96. The highest BCUT2D eigenvalue weighted by Crippen LogP contribution is 2.29.